The van der Waals surface area contributed by atoms with Crippen molar-refractivity contribution in [1.82, 2.24) is 0 Å². The molecule has 0 aliphatic heterocycles. The summed E-state index contributed by atoms with van der Waals surface area (Å²) in [7, 11) is -1.54. The van der Waals surface area contributed by atoms with E-state index in [1.54, 1.807) is 17.5 Å². The first kappa shape index (κ1) is 13.9. The minimum atomic E-state index is -1.54. The van der Waals surface area contributed by atoms with Gasteiger partial charge >= 0.3 is 0 Å². The Morgan fingerprint density at radius 1 is 1.37 bits per heavy atom. The van der Waals surface area contributed by atoms with Crippen molar-refractivity contribution in [3.05, 3.63) is 47.6 Å². The molecule has 100 valence electrons. The predicted molar refractivity (Wildman–Crippen MR) is 78.9 cm³/mol. The molecule has 0 radical (unpaired) electrons. The number of rotatable bonds is 2. The highest BCUT2D eigenvalue weighted by atomic mass is 32.2. The van der Waals surface area contributed by atoms with E-state index in [-0.39, 0.29) is 0 Å². The van der Waals surface area contributed by atoms with Gasteiger partial charge in [-0.3, -0.25) is 0 Å². The Balaban J connectivity index is 2.35. The first-order valence-corrected chi connectivity index (χ1v) is 7.72. The van der Waals surface area contributed by atoms with Crippen LogP contribution >= 0.6 is 0 Å². The van der Waals surface area contributed by atoms with Crippen LogP contribution in [0.1, 0.15) is 38.2 Å². The van der Waals surface area contributed by atoms with E-state index in [2.05, 4.69) is 19.1 Å². The molecule has 0 heterocycles. The molecule has 2 rings (SSSR count). The lowest BCUT2D eigenvalue weighted by Gasteiger charge is -2.17. The Kier molecular flexibility index (Phi) is 4.80. The van der Waals surface area contributed by atoms with Crippen LogP contribution in [0.2, 0.25) is 0 Å². The van der Waals surface area contributed by atoms with Gasteiger partial charge in [0.1, 0.15) is 0 Å². The molecule has 1 aliphatic carbocycles. The van der Waals surface area contributed by atoms with Gasteiger partial charge in [-0.05, 0) is 54.5 Å². The molecule has 0 unspecified atom stereocenters. The number of benzene rings is 1. The molecule has 0 fully saturated rings. The minimum absolute atomic E-state index is 0.573. The van der Waals surface area contributed by atoms with E-state index in [4.69, 9.17) is 5.11 Å². The Labute approximate surface area is 116 Å². The molecule has 0 spiro atoms. The second-order valence-corrected chi connectivity index (χ2v) is 5.72. The third-order valence-corrected chi connectivity index (χ3v) is 4.12. The Morgan fingerprint density at radius 3 is 2.74 bits per heavy atom. The zero-order valence-electron chi connectivity index (χ0n) is 11.1. The van der Waals surface area contributed by atoms with Gasteiger partial charge in [-0.1, -0.05) is 31.2 Å². The zero-order chi connectivity index (χ0) is 13.7. The molecule has 0 amide bonds. The molecule has 0 bridgehead atoms. The fourth-order valence-electron chi connectivity index (χ4n) is 2.38. The standard InChI is InChI=1S/C16H18O2S/c1-2-5-13-6-3-4-7-16(13)14-8-10-15(11-9-14)19(18)12-17/h5,7-11,17H,2-4,6H2,1H3/b13-5-. The average Bonchev–Trinajstić information content (AvgIpc) is 2.47. The number of aliphatic hydroxyl groups is 1. The summed E-state index contributed by atoms with van der Waals surface area (Å²) in [4.78, 5) is 0.573. The molecule has 0 saturated carbocycles. The maximum atomic E-state index is 11.4. The van der Waals surface area contributed by atoms with Crippen LogP contribution in [0, 0.1) is 5.37 Å². The van der Waals surface area contributed by atoms with Gasteiger partial charge in [0.2, 0.25) is 0 Å². The molecular formula is C16H18O2S. The quantitative estimate of drug-likeness (QED) is 0.885. The van der Waals surface area contributed by atoms with Crippen LogP contribution in [0.5, 0.6) is 0 Å². The largest absolute Gasteiger partial charge is 0.311 e. The van der Waals surface area contributed by atoms with Crippen LogP contribution in [0.25, 0.3) is 5.57 Å². The summed E-state index contributed by atoms with van der Waals surface area (Å²) in [5.74, 6) is 0. The van der Waals surface area contributed by atoms with Crippen LogP contribution in [0.4, 0.5) is 0 Å². The summed E-state index contributed by atoms with van der Waals surface area (Å²) >= 11 is 0. The smallest absolute Gasteiger partial charge is 0.0981 e. The van der Waals surface area contributed by atoms with Crippen molar-refractivity contribution < 1.29 is 9.32 Å². The van der Waals surface area contributed by atoms with Crippen LogP contribution < -0.4 is 0 Å². The highest BCUT2D eigenvalue weighted by Crippen LogP contribution is 2.32. The monoisotopic (exact) mass is 274 g/mol. The SMILES string of the molecule is CC/C=C1/CCCC=C1c1ccc(S(=O)#CO)cc1. The Hall–Kier alpha value is -1.54. The fraction of sp³-hybridized carbons (Fsp3) is 0.312. The Bertz CT molecular complexity index is 643. The molecule has 2 nitrogen and oxygen atoms in total. The van der Waals surface area contributed by atoms with Gasteiger partial charge in [0.15, 0.2) is 0 Å². The number of hydrogen-bond donors (Lipinski definition) is 1. The van der Waals surface area contributed by atoms with Crippen molar-refractivity contribution >= 4 is 15.8 Å². The van der Waals surface area contributed by atoms with Gasteiger partial charge in [0.25, 0.3) is 0 Å². The van der Waals surface area contributed by atoms with E-state index in [1.165, 1.54) is 17.6 Å². The third-order valence-electron chi connectivity index (χ3n) is 3.26. The van der Waals surface area contributed by atoms with Crippen molar-refractivity contribution in [3.63, 3.8) is 0 Å². The van der Waals surface area contributed by atoms with E-state index in [9.17, 15) is 4.21 Å². The van der Waals surface area contributed by atoms with Crippen LogP contribution in [0.15, 0.2) is 46.9 Å². The average molecular weight is 274 g/mol. The molecule has 0 aromatic heterocycles. The van der Waals surface area contributed by atoms with Gasteiger partial charge < -0.3 is 5.11 Å². The van der Waals surface area contributed by atoms with Crippen LogP contribution in [-0.4, -0.2) is 9.32 Å². The van der Waals surface area contributed by atoms with Gasteiger partial charge in [-0.2, -0.15) is 0 Å². The van der Waals surface area contributed by atoms with Gasteiger partial charge in [-0.25, -0.2) is 4.21 Å². The maximum Gasteiger partial charge on any atom is 0.0981 e. The second kappa shape index (κ2) is 6.58. The molecule has 0 atom stereocenters. The van der Waals surface area contributed by atoms with Gasteiger partial charge in [-0.15, -0.1) is 0 Å². The third kappa shape index (κ3) is 3.27. The molecule has 0 saturated heterocycles. The first-order valence-electron chi connectivity index (χ1n) is 6.57. The van der Waals surface area contributed by atoms with E-state index < -0.39 is 10.2 Å². The molecule has 19 heavy (non-hydrogen) atoms. The second-order valence-electron chi connectivity index (χ2n) is 4.53. The van der Waals surface area contributed by atoms with Crippen molar-refractivity contribution in [2.24, 2.45) is 0 Å². The summed E-state index contributed by atoms with van der Waals surface area (Å²) in [6.45, 7) is 2.15. The highest BCUT2D eigenvalue weighted by Gasteiger charge is 2.11. The maximum absolute atomic E-state index is 11.4. The van der Waals surface area contributed by atoms with Crippen LogP contribution in [0.3, 0.4) is 0 Å². The van der Waals surface area contributed by atoms with E-state index in [0.29, 0.717) is 4.90 Å². The Morgan fingerprint density at radius 2 is 2.11 bits per heavy atom. The van der Waals surface area contributed by atoms with Crippen molar-refractivity contribution in [2.75, 3.05) is 0 Å². The molecule has 1 aromatic rings. The topological polar surface area (TPSA) is 37.3 Å². The van der Waals surface area contributed by atoms with E-state index in [1.807, 2.05) is 12.1 Å². The van der Waals surface area contributed by atoms with Crippen molar-refractivity contribution in [1.29, 1.82) is 0 Å². The lowest BCUT2D eigenvalue weighted by atomic mass is 9.88. The zero-order valence-corrected chi connectivity index (χ0v) is 11.9. The molecule has 1 aliphatic rings. The first-order chi connectivity index (χ1) is 9.26. The summed E-state index contributed by atoms with van der Waals surface area (Å²) in [5.41, 5.74) is 3.85. The lowest BCUT2D eigenvalue weighted by Crippen LogP contribution is -1.97. The molecule has 1 aromatic carbocycles. The summed E-state index contributed by atoms with van der Waals surface area (Å²) < 4.78 is 11.4. The number of aliphatic hydroxyl groups excluding tert-OH is 1. The van der Waals surface area contributed by atoms with E-state index >= 15 is 0 Å². The molecular weight excluding hydrogens is 256 g/mol. The summed E-state index contributed by atoms with van der Waals surface area (Å²) in [5, 5.41) is 10.4. The molecule has 1 N–H and O–H groups in total. The molecule has 3 heteroatoms. The predicted octanol–water partition coefficient (Wildman–Crippen LogP) is 3.99. The van der Waals surface area contributed by atoms with Crippen LogP contribution in [-0.2, 0) is 10.2 Å². The number of hydrogen-bond acceptors (Lipinski definition) is 2. The summed E-state index contributed by atoms with van der Waals surface area (Å²) in [6, 6.07) is 7.50. The van der Waals surface area contributed by atoms with E-state index in [0.717, 1.165) is 24.8 Å². The fourth-order valence-corrected chi connectivity index (χ4v) is 2.87. The normalized spacial score (nSPS) is 16.9. The van der Waals surface area contributed by atoms with Gasteiger partial charge in [0.05, 0.1) is 20.5 Å². The van der Waals surface area contributed by atoms with Crippen molar-refractivity contribution in [3.8, 4) is 5.37 Å². The summed E-state index contributed by atoms with van der Waals surface area (Å²) in [6.07, 6.45) is 9.07. The van der Waals surface area contributed by atoms with Crippen molar-refractivity contribution in [2.45, 2.75) is 37.5 Å². The highest BCUT2D eigenvalue weighted by molar-refractivity contribution is 7.74. The minimum Gasteiger partial charge on any atom is -0.311 e. The van der Waals surface area contributed by atoms with Gasteiger partial charge in [0, 0.05) is 0 Å². The number of allylic oxidation sites excluding steroid dienone is 4. The lowest BCUT2D eigenvalue weighted by molar-refractivity contribution is 0.520.